The van der Waals surface area contributed by atoms with E-state index in [9.17, 15) is 17.6 Å². The predicted molar refractivity (Wildman–Crippen MR) is 87.6 cm³/mol. The molecule has 3 aromatic rings. The number of hydrogen-bond donors (Lipinski definition) is 1. The number of hydrogen-bond acceptors (Lipinski definition) is 4. The molecule has 0 fully saturated rings. The van der Waals surface area contributed by atoms with Gasteiger partial charge in [0, 0.05) is 24.0 Å². The highest BCUT2D eigenvalue weighted by atomic mass is 35.5. The van der Waals surface area contributed by atoms with Crippen molar-refractivity contribution in [3.63, 3.8) is 0 Å². The van der Waals surface area contributed by atoms with Crippen molar-refractivity contribution in [3.05, 3.63) is 64.6 Å². The fourth-order valence-corrected chi connectivity index (χ4v) is 2.45. The monoisotopic (exact) mass is 385 g/mol. The van der Waals surface area contributed by atoms with Gasteiger partial charge < -0.3 is 5.32 Å². The molecule has 1 N–H and O–H groups in total. The van der Waals surface area contributed by atoms with E-state index in [-0.39, 0.29) is 23.2 Å². The molecule has 0 aliphatic carbocycles. The zero-order chi connectivity index (χ0) is 18.9. The van der Waals surface area contributed by atoms with E-state index in [1.165, 1.54) is 25.3 Å². The van der Waals surface area contributed by atoms with E-state index >= 15 is 0 Å². The van der Waals surface area contributed by atoms with Crippen molar-refractivity contribution >= 4 is 17.4 Å². The van der Waals surface area contributed by atoms with Gasteiger partial charge in [0.2, 0.25) is 5.28 Å². The number of alkyl halides is 3. The van der Waals surface area contributed by atoms with Crippen LogP contribution in [0.3, 0.4) is 0 Å². The molecule has 5 nitrogen and oxygen atoms in total. The summed E-state index contributed by atoms with van der Waals surface area (Å²) in [6.07, 6.45) is -3.10. The van der Waals surface area contributed by atoms with Crippen LogP contribution in [0.2, 0.25) is 5.28 Å². The molecule has 2 aromatic heterocycles. The van der Waals surface area contributed by atoms with Crippen LogP contribution in [0.5, 0.6) is 0 Å². The molecule has 0 spiro atoms. The van der Waals surface area contributed by atoms with E-state index in [0.717, 1.165) is 16.8 Å². The summed E-state index contributed by atoms with van der Waals surface area (Å²) in [5.74, 6) is -0.162. The van der Waals surface area contributed by atoms with Crippen LogP contribution < -0.4 is 5.32 Å². The average molecular weight is 386 g/mol. The van der Waals surface area contributed by atoms with Gasteiger partial charge in [0.1, 0.15) is 11.6 Å². The molecule has 0 aliphatic heterocycles. The van der Waals surface area contributed by atoms with E-state index in [1.807, 2.05) is 0 Å². The normalized spacial score (nSPS) is 11.6. The Kier molecular flexibility index (Phi) is 4.82. The molecular formula is C16H12ClF4N5. The predicted octanol–water partition coefficient (Wildman–Crippen LogP) is 4.39. The second-order valence-corrected chi connectivity index (χ2v) is 5.76. The average Bonchev–Trinajstić information content (AvgIpc) is 2.96. The molecule has 0 radical (unpaired) electrons. The fraction of sp³-hybridized carbons (Fsp3) is 0.188. The summed E-state index contributed by atoms with van der Waals surface area (Å²) in [5.41, 5.74) is -0.270. The maximum Gasteiger partial charge on any atom is 0.435 e. The number of aryl methyl sites for hydroxylation is 1. The molecule has 0 bridgehead atoms. The third-order valence-electron chi connectivity index (χ3n) is 3.55. The van der Waals surface area contributed by atoms with Gasteiger partial charge in [-0.2, -0.15) is 18.3 Å². The first kappa shape index (κ1) is 18.1. The number of nitrogens with zero attached hydrogens (tertiary/aromatic N) is 4. The van der Waals surface area contributed by atoms with Crippen molar-refractivity contribution in [2.45, 2.75) is 19.6 Å². The van der Waals surface area contributed by atoms with Gasteiger partial charge in [-0.25, -0.2) is 19.0 Å². The lowest BCUT2D eigenvalue weighted by Gasteiger charge is -2.09. The Morgan fingerprint density at radius 1 is 1.19 bits per heavy atom. The summed E-state index contributed by atoms with van der Waals surface area (Å²) in [7, 11) is 0. The molecule has 0 amide bonds. The van der Waals surface area contributed by atoms with Crippen molar-refractivity contribution in [1.82, 2.24) is 19.7 Å². The second-order valence-electron chi connectivity index (χ2n) is 5.42. The maximum absolute atomic E-state index is 14.3. The van der Waals surface area contributed by atoms with Crippen LogP contribution in [-0.4, -0.2) is 19.7 Å². The molecule has 0 unspecified atom stereocenters. The molecule has 0 atom stereocenters. The van der Waals surface area contributed by atoms with Crippen molar-refractivity contribution in [1.29, 1.82) is 0 Å². The van der Waals surface area contributed by atoms with E-state index < -0.39 is 17.7 Å². The van der Waals surface area contributed by atoms with Crippen molar-refractivity contribution < 1.29 is 17.6 Å². The standard InChI is InChI=1S/C16H12ClF4N5/c1-9-6-13(16(19,20)21)25-26(9)11-3-2-10(12(18)7-11)8-23-14-4-5-22-15(17)24-14/h2-7H,8H2,1H3,(H,22,23,24). The van der Waals surface area contributed by atoms with E-state index in [4.69, 9.17) is 11.6 Å². The summed E-state index contributed by atoms with van der Waals surface area (Å²) < 4.78 is 53.6. The van der Waals surface area contributed by atoms with Gasteiger partial charge >= 0.3 is 6.18 Å². The largest absolute Gasteiger partial charge is 0.435 e. The van der Waals surface area contributed by atoms with Crippen LogP contribution in [0.15, 0.2) is 36.5 Å². The number of halogens is 5. The first-order valence-corrected chi connectivity index (χ1v) is 7.77. The highest BCUT2D eigenvalue weighted by molar-refractivity contribution is 6.28. The summed E-state index contributed by atoms with van der Waals surface area (Å²) in [6, 6.07) is 6.57. The minimum Gasteiger partial charge on any atom is -0.366 e. The lowest BCUT2D eigenvalue weighted by Crippen LogP contribution is -2.08. The van der Waals surface area contributed by atoms with Crippen LogP contribution >= 0.6 is 11.6 Å². The first-order valence-electron chi connectivity index (χ1n) is 7.39. The Hall–Kier alpha value is -2.68. The number of nitrogens with one attached hydrogen (secondary N) is 1. The number of benzene rings is 1. The topological polar surface area (TPSA) is 55.6 Å². The van der Waals surface area contributed by atoms with Crippen LogP contribution in [0, 0.1) is 12.7 Å². The summed E-state index contributed by atoms with van der Waals surface area (Å²) >= 11 is 5.67. The van der Waals surface area contributed by atoms with Crippen LogP contribution in [0.1, 0.15) is 17.0 Å². The molecule has 136 valence electrons. The highest BCUT2D eigenvalue weighted by Crippen LogP contribution is 2.29. The lowest BCUT2D eigenvalue weighted by atomic mass is 10.2. The van der Waals surface area contributed by atoms with Gasteiger partial charge in [-0.3, -0.25) is 0 Å². The zero-order valence-corrected chi connectivity index (χ0v) is 14.1. The van der Waals surface area contributed by atoms with Crippen LogP contribution in [-0.2, 0) is 12.7 Å². The van der Waals surface area contributed by atoms with Crippen LogP contribution in [0.25, 0.3) is 5.69 Å². The van der Waals surface area contributed by atoms with Gasteiger partial charge in [0.05, 0.1) is 5.69 Å². The summed E-state index contributed by atoms with van der Waals surface area (Å²) in [4.78, 5) is 7.66. The maximum atomic E-state index is 14.3. The molecule has 2 heterocycles. The Morgan fingerprint density at radius 3 is 2.58 bits per heavy atom. The van der Waals surface area contributed by atoms with Gasteiger partial charge in [-0.1, -0.05) is 6.07 Å². The minimum atomic E-state index is -4.56. The molecular weight excluding hydrogens is 374 g/mol. The molecule has 3 rings (SSSR count). The Balaban J connectivity index is 1.81. The summed E-state index contributed by atoms with van der Waals surface area (Å²) in [6.45, 7) is 1.58. The Labute approximate surface area is 150 Å². The van der Waals surface area contributed by atoms with E-state index in [0.29, 0.717) is 11.4 Å². The smallest absolute Gasteiger partial charge is 0.366 e. The lowest BCUT2D eigenvalue weighted by molar-refractivity contribution is -0.141. The fourth-order valence-electron chi connectivity index (χ4n) is 2.30. The molecule has 0 saturated carbocycles. The molecule has 26 heavy (non-hydrogen) atoms. The third-order valence-corrected chi connectivity index (χ3v) is 3.73. The molecule has 0 saturated heterocycles. The van der Waals surface area contributed by atoms with E-state index in [2.05, 4.69) is 20.4 Å². The van der Waals surface area contributed by atoms with Gasteiger partial charge in [-0.05, 0) is 42.8 Å². The highest BCUT2D eigenvalue weighted by Gasteiger charge is 2.34. The third kappa shape index (κ3) is 3.93. The van der Waals surface area contributed by atoms with Crippen LogP contribution in [0.4, 0.5) is 23.4 Å². The van der Waals surface area contributed by atoms with Gasteiger partial charge in [0.15, 0.2) is 5.69 Å². The van der Waals surface area contributed by atoms with Crippen molar-refractivity contribution in [2.75, 3.05) is 5.32 Å². The number of rotatable bonds is 4. The minimum absolute atomic E-state index is 0.0560. The molecule has 0 aliphatic rings. The summed E-state index contributed by atoms with van der Waals surface area (Å²) in [5, 5.41) is 6.45. The van der Waals surface area contributed by atoms with Gasteiger partial charge in [-0.15, -0.1) is 0 Å². The molecule has 1 aromatic carbocycles. The molecule has 10 heteroatoms. The van der Waals surface area contributed by atoms with E-state index in [1.54, 1.807) is 6.07 Å². The quantitative estimate of drug-likeness (QED) is 0.534. The SMILES string of the molecule is Cc1cc(C(F)(F)F)nn1-c1ccc(CNc2ccnc(Cl)n2)c(F)c1. The van der Waals surface area contributed by atoms with Crippen molar-refractivity contribution in [3.8, 4) is 5.69 Å². The number of aromatic nitrogens is 4. The zero-order valence-electron chi connectivity index (χ0n) is 13.3. The first-order chi connectivity index (χ1) is 12.2. The Bertz CT molecular complexity index is 939. The number of anilines is 1. The van der Waals surface area contributed by atoms with Gasteiger partial charge in [0.25, 0.3) is 0 Å². The van der Waals surface area contributed by atoms with Crippen molar-refractivity contribution in [2.24, 2.45) is 0 Å². The second kappa shape index (κ2) is 6.91. The Morgan fingerprint density at radius 2 is 1.96 bits per heavy atom.